The van der Waals surface area contributed by atoms with Crippen LogP contribution >= 0.6 is 0 Å². The molecule has 0 aromatic heterocycles. The number of aliphatic hydroxyl groups is 2. The zero-order valence-corrected chi connectivity index (χ0v) is 57.9. The van der Waals surface area contributed by atoms with Gasteiger partial charge in [-0.05, 0) is 57.8 Å². The van der Waals surface area contributed by atoms with E-state index in [9.17, 15) is 19.8 Å². The predicted molar refractivity (Wildman–Crippen MR) is 375 cm³/mol. The third kappa shape index (κ3) is 71.3. The van der Waals surface area contributed by atoms with Crippen LogP contribution in [-0.4, -0.2) is 47.4 Å². The van der Waals surface area contributed by atoms with E-state index in [2.05, 4.69) is 43.5 Å². The number of carbonyl (C=O) groups excluding carboxylic acids is 2. The Morgan fingerprint density at radius 3 is 0.894 bits per heavy atom. The number of ether oxygens (including phenoxy) is 1. The summed E-state index contributed by atoms with van der Waals surface area (Å²) in [6, 6.07) is -0.543. The number of rotatable bonds is 74. The highest BCUT2D eigenvalue weighted by Gasteiger charge is 2.20. The van der Waals surface area contributed by atoms with E-state index in [1.54, 1.807) is 0 Å². The smallest absolute Gasteiger partial charge is 0.305 e. The van der Waals surface area contributed by atoms with Gasteiger partial charge in [-0.25, -0.2) is 0 Å². The molecule has 0 radical (unpaired) electrons. The van der Waals surface area contributed by atoms with Crippen LogP contribution < -0.4 is 5.32 Å². The molecule has 2 atom stereocenters. The summed E-state index contributed by atoms with van der Waals surface area (Å²) in [5, 5.41) is 23.4. The van der Waals surface area contributed by atoms with E-state index in [1.165, 1.54) is 366 Å². The van der Waals surface area contributed by atoms with Gasteiger partial charge >= 0.3 is 5.97 Å². The number of unbranched alkanes of at least 4 members (excludes halogenated alkanes) is 59. The fourth-order valence-electron chi connectivity index (χ4n) is 12.6. The normalized spacial score (nSPS) is 12.6. The molecule has 6 nitrogen and oxygen atoms in total. The first-order chi connectivity index (χ1) is 42.0. The number of aliphatic hydroxyl groups excluding tert-OH is 2. The van der Waals surface area contributed by atoms with Crippen molar-refractivity contribution in [3.8, 4) is 0 Å². The summed E-state index contributed by atoms with van der Waals surface area (Å²) in [7, 11) is 0. The van der Waals surface area contributed by atoms with Crippen LogP contribution in [0.1, 0.15) is 444 Å². The Bertz CT molecular complexity index is 1330. The van der Waals surface area contributed by atoms with Crippen molar-refractivity contribution in [2.75, 3.05) is 13.2 Å². The van der Waals surface area contributed by atoms with Crippen LogP contribution in [0.5, 0.6) is 0 Å². The van der Waals surface area contributed by atoms with Crippen molar-refractivity contribution < 1.29 is 24.5 Å². The summed E-state index contributed by atoms with van der Waals surface area (Å²) in [5.74, 6) is -0.0133. The lowest BCUT2D eigenvalue weighted by molar-refractivity contribution is -0.143. The number of hydrogen-bond donors (Lipinski definition) is 3. The van der Waals surface area contributed by atoms with Gasteiger partial charge in [0, 0.05) is 12.8 Å². The molecule has 0 bridgehead atoms. The molecule has 0 aliphatic carbocycles. The third-order valence-electron chi connectivity index (χ3n) is 18.5. The van der Waals surface area contributed by atoms with E-state index in [1.807, 2.05) is 0 Å². The standard InChI is InChI=1S/C79H153NO5/c1-3-5-7-9-11-13-15-17-19-21-23-36-39-43-47-51-55-59-63-67-71-77(82)76(75-81)80-78(83)72-68-64-60-56-52-48-44-40-37-33-31-29-27-25-24-26-28-30-32-34-38-42-46-50-54-58-62-66-70-74-85-79(84)73-69-65-61-57-53-49-45-41-35-22-20-18-16-14-12-10-8-6-4-2/h24,26,30,32,76-77,81-82H,3-23,25,27-29,31,33-75H2,1-2H3,(H,80,83)/b26-24-,32-30-. The molecule has 3 N–H and O–H groups in total. The monoisotopic (exact) mass is 1200 g/mol. The van der Waals surface area contributed by atoms with Gasteiger partial charge in [-0.1, -0.05) is 398 Å². The van der Waals surface area contributed by atoms with Crippen LogP contribution in [0.3, 0.4) is 0 Å². The summed E-state index contributed by atoms with van der Waals surface area (Å²) in [5.41, 5.74) is 0. The lowest BCUT2D eigenvalue weighted by Gasteiger charge is -2.22. The molecule has 0 aliphatic rings. The first-order valence-electron chi connectivity index (χ1n) is 39.1. The number of carbonyl (C=O) groups is 2. The maximum absolute atomic E-state index is 12.6. The van der Waals surface area contributed by atoms with Crippen molar-refractivity contribution in [2.24, 2.45) is 0 Å². The summed E-state index contributed by atoms with van der Waals surface area (Å²) in [4.78, 5) is 24.7. The van der Waals surface area contributed by atoms with Crippen molar-refractivity contribution in [2.45, 2.75) is 456 Å². The Hall–Kier alpha value is -1.66. The SMILES string of the molecule is CCCCCCCCCCCCCCCCCCCCCCC(O)C(CO)NC(=O)CCCCCCCCCCCCCCC/C=C\C/C=C\CCCCCCCCCCCOC(=O)CCCCCCCCCCCCCCCCCCCCC. The molecule has 0 aliphatic heterocycles. The molecule has 0 aromatic carbocycles. The molecule has 1 amide bonds. The van der Waals surface area contributed by atoms with Gasteiger partial charge in [0.25, 0.3) is 0 Å². The number of nitrogens with one attached hydrogen (secondary N) is 1. The second-order valence-corrected chi connectivity index (χ2v) is 27.0. The third-order valence-corrected chi connectivity index (χ3v) is 18.5. The molecule has 0 heterocycles. The Morgan fingerprint density at radius 2 is 0.588 bits per heavy atom. The van der Waals surface area contributed by atoms with Crippen molar-refractivity contribution in [3.63, 3.8) is 0 Å². The Morgan fingerprint density at radius 1 is 0.329 bits per heavy atom. The molecule has 2 unspecified atom stereocenters. The minimum atomic E-state index is -0.666. The summed E-state index contributed by atoms with van der Waals surface area (Å²) < 4.78 is 5.51. The van der Waals surface area contributed by atoms with Gasteiger partial charge in [0.05, 0.1) is 25.4 Å². The molecular weight excluding hydrogens is 1040 g/mol. The number of allylic oxidation sites excluding steroid dienone is 4. The highest BCUT2D eigenvalue weighted by atomic mass is 16.5. The summed E-state index contributed by atoms with van der Waals surface area (Å²) in [6.07, 6.45) is 95.4. The minimum Gasteiger partial charge on any atom is -0.466 e. The van der Waals surface area contributed by atoms with Crippen LogP contribution in [0.2, 0.25) is 0 Å². The molecule has 0 rings (SSSR count). The molecule has 0 saturated carbocycles. The van der Waals surface area contributed by atoms with Gasteiger partial charge < -0.3 is 20.3 Å². The Balaban J connectivity index is 3.38. The average molecular weight is 1200 g/mol. The maximum Gasteiger partial charge on any atom is 0.305 e. The number of esters is 1. The van der Waals surface area contributed by atoms with Crippen molar-refractivity contribution in [1.82, 2.24) is 5.32 Å². The lowest BCUT2D eigenvalue weighted by Crippen LogP contribution is -2.45. The molecule has 6 heteroatoms. The van der Waals surface area contributed by atoms with E-state index in [-0.39, 0.29) is 18.5 Å². The van der Waals surface area contributed by atoms with Crippen LogP contribution in [0.25, 0.3) is 0 Å². The van der Waals surface area contributed by atoms with Crippen LogP contribution in [0.4, 0.5) is 0 Å². The highest BCUT2D eigenvalue weighted by molar-refractivity contribution is 5.76. The average Bonchev–Trinajstić information content (AvgIpc) is 3.51. The first-order valence-corrected chi connectivity index (χ1v) is 39.1. The van der Waals surface area contributed by atoms with Gasteiger partial charge in [0.15, 0.2) is 0 Å². The molecule has 0 spiro atoms. The first kappa shape index (κ1) is 83.3. The molecule has 85 heavy (non-hydrogen) atoms. The van der Waals surface area contributed by atoms with E-state index < -0.39 is 12.1 Å². The fourth-order valence-corrected chi connectivity index (χ4v) is 12.6. The topological polar surface area (TPSA) is 95.9 Å². The van der Waals surface area contributed by atoms with Gasteiger partial charge in [-0.2, -0.15) is 0 Å². The molecule has 0 aromatic rings. The van der Waals surface area contributed by atoms with Gasteiger partial charge in [0.2, 0.25) is 5.91 Å². The Labute approximate surface area is 532 Å². The second kappa shape index (κ2) is 74.8. The lowest BCUT2D eigenvalue weighted by atomic mass is 10.0. The number of amides is 1. The predicted octanol–water partition coefficient (Wildman–Crippen LogP) is 25.7. The van der Waals surface area contributed by atoms with Gasteiger partial charge in [-0.3, -0.25) is 9.59 Å². The largest absolute Gasteiger partial charge is 0.466 e. The van der Waals surface area contributed by atoms with Crippen molar-refractivity contribution in [1.29, 1.82) is 0 Å². The summed E-state index contributed by atoms with van der Waals surface area (Å²) >= 11 is 0. The Kier molecular flexibility index (Phi) is 73.3. The van der Waals surface area contributed by atoms with E-state index in [0.717, 1.165) is 44.9 Å². The van der Waals surface area contributed by atoms with Crippen molar-refractivity contribution in [3.05, 3.63) is 24.3 Å². The highest BCUT2D eigenvalue weighted by Crippen LogP contribution is 2.20. The fraction of sp³-hybridized carbons (Fsp3) is 0.924. The molecule has 0 saturated heterocycles. The van der Waals surface area contributed by atoms with Gasteiger partial charge in [-0.15, -0.1) is 0 Å². The maximum atomic E-state index is 12.6. The number of hydrogen-bond acceptors (Lipinski definition) is 5. The molecule has 0 fully saturated rings. The quantitative estimate of drug-likeness (QED) is 0.0320. The van der Waals surface area contributed by atoms with E-state index in [0.29, 0.717) is 25.9 Å². The summed E-state index contributed by atoms with van der Waals surface area (Å²) in [6.45, 7) is 5.01. The van der Waals surface area contributed by atoms with E-state index in [4.69, 9.17) is 4.74 Å². The molecular formula is C79H153NO5. The van der Waals surface area contributed by atoms with Crippen LogP contribution in [0, 0.1) is 0 Å². The zero-order valence-electron chi connectivity index (χ0n) is 57.9. The van der Waals surface area contributed by atoms with Crippen LogP contribution in [0.15, 0.2) is 24.3 Å². The van der Waals surface area contributed by atoms with E-state index >= 15 is 0 Å². The van der Waals surface area contributed by atoms with Crippen LogP contribution in [-0.2, 0) is 14.3 Å². The molecule has 504 valence electrons. The van der Waals surface area contributed by atoms with Gasteiger partial charge in [0.1, 0.15) is 0 Å². The minimum absolute atomic E-state index is 0.0179. The van der Waals surface area contributed by atoms with Crippen molar-refractivity contribution >= 4 is 11.9 Å². The second-order valence-electron chi connectivity index (χ2n) is 27.0. The zero-order chi connectivity index (χ0) is 61.3.